The third-order valence-corrected chi connectivity index (χ3v) is 3.74. The van der Waals surface area contributed by atoms with Crippen LogP contribution in [0.4, 0.5) is 0 Å². The second-order valence-corrected chi connectivity index (χ2v) is 5.53. The lowest BCUT2D eigenvalue weighted by Crippen LogP contribution is -2.06. The largest absolute Gasteiger partial charge is 0.396 e. The Morgan fingerprint density at radius 2 is 1.17 bits per heavy atom. The summed E-state index contributed by atoms with van der Waals surface area (Å²) in [6.45, 7) is 2.93. The van der Waals surface area contributed by atoms with Crippen LogP contribution < -0.4 is 0 Å². The summed E-state index contributed by atoms with van der Waals surface area (Å²) in [5, 5.41) is 18.0. The van der Waals surface area contributed by atoms with Gasteiger partial charge in [-0.2, -0.15) is 0 Å². The van der Waals surface area contributed by atoms with Crippen molar-refractivity contribution in [2.75, 3.05) is 13.2 Å². The van der Waals surface area contributed by atoms with Gasteiger partial charge in [0.25, 0.3) is 0 Å². The van der Waals surface area contributed by atoms with Crippen molar-refractivity contribution in [3.05, 3.63) is 0 Å². The minimum absolute atomic E-state index is 0.321. The minimum atomic E-state index is 0.321. The first kappa shape index (κ1) is 17.9. The second-order valence-electron chi connectivity index (χ2n) is 5.53. The molecule has 0 aromatic rings. The van der Waals surface area contributed by atoms with E-state index < -0.39 is 0 Å². The first-order valence-electron chi connectivity index (χ1n) is 8.06. The summed E-state index contributed by atoms with van der Waals surface area (Å²) in [4.78, 5) is 0. The Labute approximate surface area is 114 Å². The van der Waals surface area contributed by atoms with E-state index in [0.29, 0.717) is 19.1 Å². The highest BCUT2D eigenvalue weighted by Crippen LogP contribution is 2.18. The van der Waals surface area contributed by atoms with Gasteiger partial charge in [0.05, 0.1) is 0 Å². The molecule has 0 heterocycles. The lowest BCUT2D eigenvalue weighted by molar-refractivity contribution is 0.203. The predicted molar refractivity (Wildman–Crippen MR) is 78.7 cm³/mol. The van der Waals surface area contributed by atoms with Crippen molar-refractivity contribution >= 4 is 0 Å². The van der Waals surface area contributed by atoms with Crippen molar-refractivity contribution in [2.24, 2.45) is 5.92 Å². The maximum Gasteiger partial charge on any atom is 0.0459 e. The molecule has 0 aliphatic heterocycles. The molecule has 0 aromatic carbocycles. The molecule has 2 N–H and O–H groups in total. The van der Waals surface area contributed by atoms with Crippen LogP contribution in [0.25, 0.3) is 0 Å². The fraction of sp³-hybridized carbons (Fsp3) is 1.00. The van der Waals surface area contributed by atoms with Crippen molar-refractivity contribution in [3.63, 3.8) is 0 Å². The molecule has 2 nitrogen and oxygen atoms in total. The Kier molecular flexibility index (Phi) is 14.9. The lowest BCUT2D eigenvalue weighted by Gasteiger charge is -2.13. The van der Waals surface area contributed by atoms with Crippen LogP contribution in [0.1, 0.15) is 84.0 Å². The van der Waals surface area contributed by atoms with Gasteiger partial charge in [-0.15, -0.1) is 0 Å². The van der Waals surface area contributed by atoms with Gasteiger partial charge in [0, 0.05) is 13.2 Å². The number of hydrogen-bond donors (Lipinski definition) is 2. The third-order valence-electron chi connectivity index (χ3n) is 3.74. The van der Waals surface area contributed by atoms with Crippen LogP contribution in [0.15, 0.2) is 0 Å². The first-order valence-corrected chi connectivity index (χ1v) is 8.06. The average molecular weight is 258 g/mol. The van der Waals surface area contributed by atoms with Crippen molar-refractivity contribution in [3.8, 4) is 0 Å². The van der Waals surface area contributed by atoms with E-state index in [1.54, 1.807) is 0 Å². The van der Waals surface area contributed by atoms with E-state index in [2.05, 4.69) is 6.92 Å². The van der Waals surface area contributed by atoms with Crippen LogP contribution in [-0.4, -0.2) is 23.4 Å². The molecule has 110 valence electrons. The molecule has 0 bridgehead atoms. The van der Waals surface area contributed by atoms with Gasteiger partial charge in [0.1, 0.15) is 0 Å². The van der Waals surface area contributed by atoms with Crippen LogP contribution in [0.3, 0.4) is 0 Å². The summed E-state index contributed by atoms with van der Waals surface area (Å²) < 4.78 is 0. The van der Waals surface area contributed by atoms with Gasteiger partial charge in [-0.3, -0.25) is 0 Å². The maximum atomic E-state index is 9.33. The van der Waals surface area contributed by atoms with E-state index >= 15 is 0 Å². The van der Waals surface area contributed by atoms with Crippen LogP contribution >= 0.6 is 0 Å². The molecule has 1 atom stereocenters. The summed E-state index contributed by atoms with van der Waals surface area (Å²) in [5.74, 6) is 0.519. The molecule has 0 saturated carbocycles. The van der Waals surface area contributed by atoms with Gasteiger partial charge < -0.3 is 10.2 Å². The van der Waals surface area contributed by atoms with Gasteiger partial charge in [-0.1, -0.05) is 64.7 Å². The van der Waals surface area contributed by atoms with Crippen molar-refractivity contribution in [1.29, 1.82) is 0 Å². The van der Waals surface area contributed by atoms with Crippen LogP contribution in [0, 0.1) is 5.92 Å². The average Bonchev–Trinajstić information content (AvgIpc) is 2.40. The molecule has 0 aliphatic rings. The summed E-state index contributed by atoms with van der Waals surface area (Å²) in [5.41, 5.74) is 0. The highest BCUT2D eigenvalue weighted by Gasteiger charge is 2.06. The standard InChI is InChI=1S/C16H34O2/c1-2-3-4-5-6-9-12-16(15-18)13-10-7-8-11-14-17/h16-18H,2-15H2,1H3. The van der Waals surface area contributed by atoms with Crippen LogP contribution in [0.5, 0.6) is 0 Å². The molecule has 2 heteroatoms. The van der Waals surface area contributed by atoms with Gasteiger partial charge >= 0.3 is 0 Å². The van der Waals surface area contributed by atoms with Gasteiger partial charge in [-0.05, 0) is 25.2 Å². The van der Waals surface area contributed by atoms with E-state index in [4.69, 9.17) is 5.11 Å². The fourth-order valence-corrected chi connectivity index (χ4v) is 2.44. The molecule has 0 spiro atoms. The smallest absolute Gasteiger partial charge is 0.0459 e. The second kappa shape index (κ2) is 15.0. The van der Waals surface area contributed by atoms with E-state index in [0.717, 1.165) is 19.3 Å². The molecule has 1 unspecified atom stereocenters. The fourth-order valence-electron chi connectivity index (χ4n) is 2.44. The zero-order valence-electron chi connectivity index (χ0n) is 12.4. The van der Waals surface area contributed by atoms with Gasteiger partial charge in [-0.25, -0.2) is 0 Å². The monoisotopic (exact) mass is 258 g/mol. The molecule has 0 saturated heterocycles. The van der Waals surface area contributed by atoms with Crippen molar-refractivity contribution < 1.29 is 10.2 Å². The number of aliphatic hydroxyl groups is 2. The number of aliphatic hydroxyl groups excluding tert-OH is 2. The van der Waals surface area contributed by atoms with Crippen molar-refractivity contribution in [1.82, 2.24) is 0 Å². The van der Waals surface area contributed by atoms with Gasteiger partial charge in [0.2, 0.25) is 0 Å². The minimum Gasteiger partial charge on any atom is -0.396 e. The summed E-state index contributed by atoms with van der Waals surface area (Å²) in [6.07, 6.45) is 14.9. The summed E-state index contributed by atoms with van der Waals surface area (Å²) in [7, 11) is 0. The summed E-state index contributed by atoms with van der Waals surface area (Å²) in [6, 6.07) is 0. The molecule has 0 radical (unpaired) electrons. The molecule has 0 fully saturated rings. The topological polar surface area (TPSA) is 40.5 Å². The number of unbranched alkanes of at least 4 members (excludes halogenated alkanes) is 8. The molecular weight excluding hydrogens is 224 g/mol. The zero-order valence-corrected chi connectivity index (χ0v) is 12.4. The normalized spacial score (nSPS) is 12.8. The highest BCUT2D eigenvalue weighted by molar-refractivity contribution is 4.59. The quantitative estimate of drug-likeness (QED) is 0.456. The molecule has 0 rings (SSSR count). The summed E-state index contributed by atoms with van der Waals surface area (Å²) >= 11 is 0. The first-order chi connectivity index (χ1) is 8.85. The van der Waals surface area contributed by atoms with Crippen LogP contribution in [-0.2, 0) is 0 Å². The zero-order chi connectivity index (χ0) is 13.5. The predicted octanol–water partition coefficient (Wildman–Crippen LogP) is 4.29. The Morgan fingerprint density at radius 1 is 0.667 bits per heavy atom. The van der Waals surface area contributed by atoms with E-state index in [9.17, 15) is 5.11 Å². The SMILES string of the molecule is CCCCCCCCC(CO)CCCCCCO. The highest BCUT2D eigenvalue weighted by atomic mass is 16.3. The molecule has 0 aromatic heterocycles. The Balaban J connectivity index is 3.29. The Hall–Kier alpha value is -0.0800. The number of rotatable bonds is 14. The van der Waals surface area contributed by atoms with Crippen LogP contribution in [0.2, 0.25) is 0 Å². The Bertz CT molecular complexity index is 148. The third kappa shape index (κ3) is 12.4. The van der Waals surface area contributed by atoms with Crippen molar-refractivity contribution in [2.45, 2.75) is 84.0 Å². The van der Waals surface area contributed by atoms with Gasteiger partial charge in [0.15, 0.2) is 0 Å². The molecule has 0 aliphatic carbocycles. The lowest BCUT2D eigenvalue weighted by atomic mass is 9.95. The molecular formula is C16H34O2. The maximum absolute atomic E-state index is 9.33. The van der Waals surface area contributed by atoms with E-state index in [1.165, 1.54) is 57.8 Å². The number of hydrogen-bond acceptors (Lipinski definition) is 2. The molecule has 0 amide bonds. The Morgan fingerprint density at radius 3 is 1.67 bits per heavy atom. The van der Waals surface area contributed by atoms with E-state index in [-0.39, 0.29) is 0 Å². The molecule has 18 heavy (non-hydrogen) atoms. The van der Waals surface area contributed by atoms with E-state index in [1.807, 2.05) is 0 Å².